The first kappa shape index (κ1) is 29.3. The molecule has 0 spiro atoms. The monoisotopic (exact) mass is 556 g/mol. The van der Waals surface area contributed by atoms with Crippen LogP contribution in [0.3, 0.4) is 0 Å². The summed E-state index contributed by atoms with van der Waals surface area (Å²) in [7, 11) is -1.40. The van der Waals surface area contributed by atoms with Crippen LogP contribution in [0, 0.1) is 39.8 Å². The maximum absolute atomic E-state index is 15.2. The zero-order valence-corrected chi connectivity index (χ0v) is 24.2. The van der Waals surface area contributed by atoms with E-state index in [1.807, 2.05) is 13.8 Å². The molecule has 9 atom stereocenters. The number of Topliss-reactive ketones (excluding diaryl/α,β-unsaturated/α-hetero) is 1. The summed E-state index contributed by atoms with van der Waals surface area (Å²) in [5, 5.41) is 21.9. The molecule has 0 amide bonds. The quantitative estimate of drug-likeness (QED) is 0.307. The van der Waals surface area contributed by atoms with Gasteiger partial charge in [-0.3, -0.25) is 4.79 Å². The highest BCUT2D eigenvalue weighted by molar-refractivity contribution is 6.62. The summed E-state index contributed by atoms with van der Waals surface area (Å²) in [6.45, 7) is 13.6. The molecule has 9 heteroatoms. The van der Waals surface area contributed by atoms with Crippen molar-refractivity contribution in [1.29, 1.82) is 0 Å². The number of benzene rings is 1. The number of aliphatic hydroxyl groups is 1. The van der Waals surface area contributed by atoms with Gasteiger partial charge in [-0.25, -0.2) is 9.18 Å². The van der Waals surface area contributed by atoms with Crippen molar-refractivity contribution in [1.82, 2.24) is 0 Å². The van der Waals surface area contributed by atoms with Gasteiger partial charge in [0.05, 0.1) is 12.2 Å². The number of ether oxygens (including phenoxy) is 2. The predicted molar refractivity (Wildman–Crippen MR) is 148 cm³/mol. The van der Waals surface area contributed by atoms with Crippen molar-refractivity contribution in [3.05, 3.63) is 36.2 Å². The Bertz CT molecular complexity index is 1210. The minimum atomic E-state index is -1.40. The predicted octanol–water partition coefficient (Wildman–Crippen LogP) is 4.28. The summed E-state index contributed by atoms with van der Waals surface area (Å²) >= 11 is 0. The topological polar surface area (TPSA) is 102 Å². The molecule has 3 saturated carbocycles. The normalized spacial score (nSPS) is 40.6. The van der Waals surface area contributed by atoms with Crippen LogP contribution in [0.2, 0.25) is 0 Å². The van der Waals surface area contributed by atoms with E-state index in [0.29, 0.717) is 24.8 Å². The van der Waals surface area contributed by atoms with Gasteiger partial charge in [0.1, 0.15) is 11.9 Å². The fourth-order valence-electron chi connectivity index (χ4n) is 8.67. The summed E-state index contributed by atoms with van der Waals surface area (Å²) in [6.07, 6.45) is 3.71. The van der Waals surface area contributed by atoms with E-state index in [1.165, 1.54) is 6.07 Å². The highest BCUT2D eigenvalue weighted by Crippen LogP contribution is 2.68. The molecular weight excluding hydrogens is 514 g/mol. The molecule has 0 aromatic heterocycles. The SMILES string of the molecule is C=C[C@]1(C)C[C@@H](OC(=O)COc2ccc3c(c2F)B(O)OC3CC)[C@]2(C)[C@H](C)CC[C@]3(CCC(=O)[C@H]32)[C@@H](C)[C@@H]1O. The number of rotatable bonds is 6. The molecule has 5 rings (SSSR count). The van der Waals surface area contributed by atoms with Gasteiger partial charge in [0, 0.05) is 28.6 Å². The van der Waals surface area contributed by atoms with Gasteiger partial charge >= 0.3 is 13.1 Å². The molecule has 40 heavy (non-hydrogen) atoms. The van der Waals surface area contributed by atoms with Crippen molar-refractivity contribution in [2.24, 2.45) is 34.0 Å². The number of hydrogen-bond acceptors (Lipinski definition) is 7. The van der Waals surface area contributed by atoms with Crippen LogP contribution in [0.1, 0.15) is 84.8 Å². The lowest BCUT2D eigenvalue weighted by Gasteiger charge is -2.61. The first-order valence-corrected chi connectivity index (χ1v) is 14.7. The van der Waals surface area contributed by atoms with Crippen LogP contribution in [-0.4, -0.2) is 47.8 Å². The molecule has 0 radical (unpaired) electrons. The van der Waals surface area contributed by atoms with Crippen LogP contribution in [0.25, 0.3) is 0 Å². The second-order valence-corrected chi connectivity index (χ2v) is 13.1. The lowest BCUT2D eigenvalue weighted by molar-refractivity contribution is -0.207. The van der Waals surface area contributed by atoms with E-state index in [9.17, 15) is 19.7 Å². The van der Waals surface area contributed by atoms with Gasteiger partial charge in [0.2, 0.25) is 0 Å². The minimum absolute atomic E-state index is 0.0298. The van der Waals surface area contributed by atoms with Gasteiger partial charge in [-0.2, -0.15) is 0 Å². The minimum Gasteiger partial charge on any atom is -0.479 e. The highest BCUT2D eigenvalue weighted by atomic mass is 19.1. The zero-order valence-electron chi connectivity index (χ0n) is 24.2. The number of hydrogen-bond donors (Lipinski definition) is 2. The Morgan fingerprint density at radius 3 is 2.70 bits per heavy atom. The van der Waals surface area contributed by atoms with Gasteiger partial charge < -0.3 is 24.3 Å². The largest absolute Gasteiger partial charge is 0.495 e. The second-order valence-electron chi connectivity index (χ2n) is 13.1. The fraction of sp³-hybridized carbons (Fsp3) is 0.677. The van der Waals surface area contributed by atoms with E-state index in [2.05, 4.69) is 27.4 Å². The van der Waals surface area contributed by atoms with Crippen LogP contribution >= 0.6 is 0 Å². The Morgan fingerprint density at radius 2 is 2.02 bits per heavy atom. The van der Waals surface area contributed by atoms with Gasteiger partial charge in [-0.15, -0.1) is 6.58 Å². The van der Waals surface area contributed by atoms with Crippen LogP contribution in [0.4, 0.5) is 4.39 Å². The van der Waals surface area contributed by atoms with E-state index in [-0.39, 0.29) is 40.2 Å². The summed E-state index contributed by atoms with van der Waals surface area (Å²) in [4.78, 5) is 26.8. The lowest BCUT2D eigenvalue weighted by Crippen LogP contribution is -2.63. The van der Waals surface area contributed by atoms with Crippen LogP contribution in [0.5, 0.6) is 5.75 Å². The van der Waals surface area contributed by atoms with Gasteiger partial charge in [0.25, 0.3) is 0 Å². The van der Waals surface area contributed by atoms with Gasteiger partial charge in [-0.05, 0) is 61.0 Å². The van der Waals surface area contributed by atoms with Crippen molar-refractivity contribution < 1.29 is 38.2 Å². The van der Waals surface area contributed by atoms with Crippen molar-refractivity contribution in [2.75, 3.05) is 6.61 Å². The molecule has 218 valence electrons. The molecule has 3 aliphatic carbocycles. The first-order valence-electron chi connectivity index (χ1n) is 14.7. The van der Waals surface area contributed by atoms with E-state index in [0.717, 1.165) is 19.3 Å². The summed E-state index contributed by atoms with van der Waals surface area (Å²) in [5.74, 6) is -1.78. The molecule has 0 saturated heterocycles. The smallest absolute Gasteiger partial charge is 0.479 e. The molecule has 1 aromatic carbocycles. The third-order valence-electron chi connectivity index (χ3n) is 11.4. The third-order valence-corrected chi connectivity index (χ3v) is 11.4. The molecular formula is C31H42BFO7. The van der Waals surface area contributed by atoms with Crippen LogP contribution in [0.15, 0.2) is 24.8 Å². The average Bonchev–Trinajstić information content (AvgIpc) is 3.46. The number of halogens is 1. The Balaban J connectivity index is 1.43. The molecule has 1 heterocycles. The standard InChI is InChI=1S/C31H42BFO7/c1-7-21-19-9-10-22(26(33)25(19)32(37)40-21)38-16-24(35)39-23-15-29(5,8-2)28(36)18(4)31-13-11-17(3)30(23,6)27(31)20(34)12-14-31/h8-10,17-18,21,23,27-28,36-37H,2,7,11-16H2,1,3-6H3/t17-,18+,21?,23-,27+,28+,29-,30+,31+/m1/s1. The molecule has 1 aliphatic heterocycles. The van der Waals surface area contributed by atoms with E-state index < -0.39 is 54.7 Å². The summed E-state index contributed by atoms with van der Waals surface area (Å²) in [5.41, 5.74) is -1.16. The molecule has 2 bridgehead atoms. The third kappa shape index (κ3) is 4.18. The molecule has 1 unspecified atom stereocenters. The summed E-state index contributed by atoms with van der Waals surface area (Å²) < 4.78 is 32.4. The molecule has 2 N–H and O–H groups in total. The Labute approximate surface area is 236 Å². The number of carbonyl (C=O) groups is 2. The Morgan fingerprint density at radius 1 is 1.30 bits per heavy atom. The van der Waals surface area contributed by atoms with Crippen molar-refractivity contribution >= 4 is 24.3 Å². The number of carbonyl (C=O) groups excluding carboxylic acids is 2. The number of aliphatic hydroxyl groups excluding tert-OH is 1. The van der Waals surface area contributed by atoms with Gasteiger partial charge in [0.15, 0.2) is 18.2 Å². The van der Waals surface area contributed by atoms with Gasteiger partial charge in [-0.1, -0.05) is 46.8 Å². The molecule has 7 nitrogen and oxygen atoms in total. The molecule has 3 fully saturated rings. The maximum atomic E-state index is 15.2. The van der Waals surface area contributed by atoms with Crippen LogP contribution in [-0.2, 0) is 19.0 Å². The molecule has 4 aliphatic rings. The number of esters is 1. The number of fused-ring (bicyclic) bond motifs is 1. The summed E-state index contributed by atoms with van der Waals surface area (Å²) in [6, 6.07) is 3.08. The zero-order chi connectivity index (χ0) is 29.2. The maximum Gasteiger partial charge on any atom is 0.495 e. The van der Waals surface area contributed by atoms with Crippen LogP contribution < -0.4 is 10.2 Å². The highest BCUT2D eigenvalue weighted by Gasteiger charge is 2.68. The van der Waals surface area contributed by atoms with E-state index >= 15 is 4.39 Å². The second kappa shape index (κ2) is 10.2. The van der Waals surface area contributed by atoms with E-state index in [1.54, 1.807) is 12.1 Å². The van der Waals surface area contributed by atoms with Crippen molar-refractivity contribution in [3.8, 4) is 5.75 Å². The van der Waals surface area contributed by atoms with Crippen molar-refractivity contribution in [3.63, 3.8) is 0 Å². The number of ketones is 1. The first-order chi connectivity index (χ1) is 18.8. The average molecular weight is 556 g/mol. The fourth-order valence-corrected chi connectivity index (χ4v) is 8.67. The van der Waals surface area contributed by atoms with Crippen molar-refractivity contribution in [2.45, 2.75) is 91.5 Å². The molecule has 1 aromatic rings. The Kier molecular flexibility index (Phi) is 7.50. The lowest BCUT2D eigenvalue weighted by atomic mass is 9.44. The Hall–Kier alpha value is -2.23. The van der Waals surface area contributed by atoms with E-state index in [4.69, 9.17) is 14.1 Å².